The lowest BCUT2D eigenvalue weighted by atomic mass is 10.0. The van der Waals surface area contributed by atoms with Crippen LogP contribution < -0.4 is 5.73 Å². The van der Waals surface area contributed by atoms with Crippen LogP contribution in [0, 0.1) is 0 Å². The Kier molecular flexibility index (Phi) is 4.66. The Morgan fingerprint density at radius 3 is 1.81 bits per heavy atom. The average molecular weight is 225 g/mol. The molecule has 2 fully saturated rings. The molecule has 2 heteroatoms. The van der Waals surface area contributed by atoms with Crippen LogP contribution in [0.3, 0.4) is 0 Å². The highest BCUT2D eigenvalue weighted by Gasteiger charge is 2.30. The van der Waals surface area contributed by atoms with Crippen molar-refractivity contribution in [3.8, 4) is 0 Å². The quantitative estimate of drug-likeness (QED) is 0.574. The van der Waals surface area contributed by atoms with Gasteiger partial charge >= 0.3 is 0 Å². The van der Waals surface area contributed by atoms with Gasteiger partial charge in [-0.05, 0) is 38.5 Å². The third-order valence-corrected chi connectivity index (χ3v) is 4.15. The normalized spacial score (nSPS) is 28.3. The lowest BCUT2D eigenvalue weighted by Crippen LogP contribution is -2.45. The first kappa shape index (κ1) is 12.4. The van der Waals surface area contributed by atoms with Crippen LogP contribution in [0.5, 0.6) is 0 Å². The maximum absolute atomic E-state index is 6.42. The summed E-state index contributed by atoms with van der Waals surface area (Å²) in [5, 5.41) is 0. The smallest absolute Gasteiger partial charge is 0.117 e. The van der Waals surface area contributed by atoms with Gasteiger partial charge in [0, 0.05) is 0 Å². The fourth-order valence-electron chi connectivity index (χ4n) is 3.14. The van der Waals surface area contributed by atoms with Crippen molar-refractivity contribution in [2.75, 3.05) is 0 Å². The molecule has 2 nitrogen and oxygen atoms in total. The minimum Gasteiger partial charge on any atom is -0.358 e. The van der Waals surface area contributed by atoms with Crippen molar-refractivity contribution >= 4 is 0 Å². The van der Waals surface area contributed by atoms with Crippen LogP contribution in [-0.4, -0.2) is 11.8 Å². The highest BCUT2D eigenvalue weighted by molar-refractivity contribution is 4.79. The summed E-state index contributed by atoms with van der Waals surface area (Å²) in [4.78, 5) is 0. The van der Waals surface area contributed by atoms with Crippen molar-refractivity contribution in [3.05, 3.63) is 0 Å². The summed E-state index contributed by atoms with van der Waals surface area (Å²) in [7, 11) is 0. The summed E-state index contributed by atoms with van der Waals surface area (Å²) in [6.07, 6.45) is 15.7. The molecule has 0 radical (unpaired) electrons. The summed E-state index contributed by atoms with van der Waals surface area (Å²) >= 11 is 0. The monoisotopic (exact) mass is 225 g/mol. The van der Waals surface area contributed by atoms with Gasteiger partial charge in [0.05, 0.1) is 6.10 Å². The molecule has 0 heterocycles. The molecule has 0 aromatic rings. The topological polar surface area (TPSA) is 35.2 Å². The van der Waals surface area contributed by atoms with E-state index in [-0.39, 0.29) is 5.72 Å². The van der Waals surface area contributed by atoms with Crippen molar-refractivity contribution in [3.63, 3.8) is 0 Å². The molecule has 2 aliphatic carbocycles. The van der Waals surface area contributed by atoms with E-state index in [0.29, 0.717) is 6.10 Å². The van der Waals surface area contributed by atoms with E-state index in [9.17, 15) is 0 Å². The fourth-order valence-corrected chi connectivity index (χ4v) is 3.14. The molecule has 0 atom stereocenters. The molecule has 94 valence electrons. The fraction of sp³-hybridized carbons (Fsp3) is 1.00. The number of ether oxygens (including phenoxy) is 1. The Morgan fingerprint density at radius 2 is 1.25 bits per heavy atom. The number of hydrogen-bond acceptors (Lipinski definition) is 2. The van der Waals surface area contributed by atoms with Crippen LogP contribution in [0.4, 0.5) is 0 Å². The van der Waals surface area contributed by atoms with Crippen molar-refractivity contribution in [1.82, 2.24) is 0 Å². The Balaban J connectivity index is 1.84. The van der Waals surface area contributed by atoms with Crippen LogP contribution in [-0.2, 0) is 4.74 Å². The molecule has 0 unspecified atom stereocenters. The summed E-state index contributed by atoms with van der Waals surface area (Å²) in [5.74, 6) is 0. The number of nitrogens with two attached hydrogens (primary N) is 1. The van der Waals surface area contributed by atoms with Crippen molar-refractivity contribution in [1.29, 1.82) is 0 Å². The van der Waals surface area contributed by atoms with Crippen molar-refractivity contribution in [2.45, 2.75) is 88.9 Å². The lowest BCUT2D eigenvalue weighted by Gasteiger charge is -2.33. The van der Waals surface area contributed by atoms with Crippen molar-refractivity contribution in [2.24, 2.45) is 5.73 Å². The Bertz CT molecular complexity index is 189. The van der Waals surface area contributed by atoms with Crippen LogP contribution >= 0.6 is 0 Å². The molecular formula is C14H27NO. The van der Waals surface area contributed by atoms with Gasteiger partial charge in [0.2, 0.25) is 0 Å². The molecule has 2 rings (SSSR count). The minimum atomic E-state index is -0.286. The summed E-state index contributed by atoms with van der Waals surface area (Å²) < 4.78 is 6.26. The highest BCUT2D eigenvalue weighted by atomic mass is 16.5. The Labute approximate surface area is 99.9 Å². The zero-order valence-electron chi connectivity index (χ0n) is 10.5. The van der Waals surface area contributed by atoms with Gasteiger partial charge in [0.15, 0.2) is 0 Å². The van der Waals surface area contributed by atoms with E-state index < -0.39 is 0 Å². The molecule has 16 heavy (non-hydrogen) atoms. The largest absolute Gasteiger partial charge is 0.358 e. The van der Waals surface area contributed by atoms with Gasteiger partial charge in [-0.1, -0.05) is 38.5 Å². The Morgan fingerprint density at radius 1 is 0.750 bits per heavy atom. The summed E-state index contributed by atoms with van der Waals surface area (Å²) in [6, 6.07) is 0. The van der Waals surface area contributed by atoms with E-state index in [2.05, 4.69) is 0 Å². The van der Waals surface area contributed by atoms with E-state index in [0.717, 1.165) is 12.8 Å². The Hall–Kier alpha value is -0.0800. The molecule has 2 N–H and O–H groups in total. The third-order valence-electron chi connectivity index (χ3n) is 4.15. The molecule has 0 spiro atoms. The molecule has 0 aromatic carbocycles. The molecule has 0 aromatic heterocycles. The summed E-state index contributed by atoms with van der Waals surface area (Å²) in [6.45, 7) is 0. The molecule has 0 amide bonds. The zero-order valence-corrected chi connectivity index (χ0v) is 10.5. The van der Waals surface area contributed by atoms with Gasteiger partial charge in [-0.15, -0.1) is 0 Å². The lowest BCUT2D eigenvalue weighted by molar-refractivity contribution is -0.104. The van der Waals surface area contributed by atoms with E-state index in [1.54, 1.807) is 0 Å². The molecule has 2 saturated carbocycles. The van der Waals surface area contributed by atoms with Gasteiger partial charge in [-0.25, -0.2) is 0 Å². The zero-order chi connectivity index (χ0) is 11.3. The van der Waals surface area contributed by atoms with Crippen LogP contribution in [0.25, 0.3) is 0 Å². The molecular weight excluding hydrogens is 198 g/mol. The second-order valence-electron chi connectivity index (χ2n) is 5.71. The van der Waals surface area contributed by atoms with E-state index in [4.69, 9.17) is 10.5 Å². The number of rotatable bonds is 2. The van der Waals surface area contributed by atoms with E-state index in [1.165, 1.54) is 64.2 Å². The second-order valence-corrected chi connectivity index (χ2v) is 5.71. The standard InChI is InChI=1S/C14H27NO/c15-14(11-7-3-4-8-12-14)16-13-9-5-1-2-6-10-13/h13H,1-12,15H2. The van der Waals surface area contributed by atoms with Crippen LogP contribution in [0.1, 0.15) is 77.0 Å². The van der Waals surface area contributed by atoms with Gasteiger partial charge in [0.1, 0.15) is 5.72 Å². The predicted octanol–water partition coefficient (Wildman–Crippen LogP) is 3.74. The second kappa shape index (κ2) is 6.02. The average Bonchev–Trinajstić information content (AvgIpc) is 2.61. The van der Waals surface area contributed by atoms with E-state index in [1.807, 2.05) is 0 Å². The van der Waals surface area contributed by atoms with Gasteiger partial charge in [-0.3, -0.25) is 0 Å². The first-order valence-corrected chi connectivity index (χ1v) is 7.25. The van der Waals surface area contributed by atoms with Crippen LogP contribution in [0.2, 0.25) is 0 Å². The SMILES string of the molecule is NC1(OC2CCCCCC2)CCCCCC1. The molecule has 0 bridgehead atoms. The summed E-state index contributed by atoms with van der Waals surface area (Å²) in [5.41, 5.74) is 6.13. The van der Waals surface area contributed by atoms with Crippen LogP contribution in [0.15, 0.2) is 0 Å². The first-order valence-electron chi connectivity index (χ1n) is 7.25. The predicted molar refractivity (Wildman–Crippen MR) is 67.2 cm³/mol. The highest BCUT2D eigenvalue weighted by Crippen LogP contribution is 2.30. The minimum absolute atomic E-state index is 0.286. The maximum Gasteiger partial charge on any atom is 0.117 e. The molecule has 2 aliphatic rings. The van der Waals surface area contributed by atoms with Gasteiger partial charge in [0.25, 0.3) is 0 Å². The van der Waals surface area contributed by atoms with E-state index >= 15 is 0 Å². The maximum atomic E-state index is 6.42. The molecule has 0 aliphatic heterocycles. The van der Waals surface area contributed by atoms with Crippen molar-refractivity contribution < 1.29 is 4.74 Å². The number of hydrogen-bond donors (Lipinski definition) is 1. The van der Waals surface area contributed by atoms with Gasteiger partial charge < -0.3 is 10.5 Å². The molecule has 0 saturated heterocycles. The van der Waals surface area contributed by atoms with Gasteiger partial charge in [-0.2, -0.15) is 0 Å². The third kappa shape index (κ3) is 3.74. The first-order chi connectivity index (χ1) is 7.79.